The summed E-state index contributed by atoms with van der Waals surface area (Å²) in [5.74, 6) is 1.52. The highest BCUT2D eigenvalue weighted by Gasteiger charge is 2.25. The van der Waals surface area contributed by atoms with Crippen LogP contribution in [0.3, 0.4) is 0 Å². The van der Waals surface area contributed by atoms with Gasteiger partial charge in [-0.3, -0.25) is 0 Å². The first-order valence-electron chi connectivity index (χ1n) is 7.69. The number of rotatable bonds is 2. The first-order valence-corrected chi connectivity index (χ1v) is 8.07. The molecule has 2 aromatic rings. The van der Waals surface area contributed by atoms with Gasteiger partial charge in [0.25, 0.3) is 0 Å². The van der Waals surface area contributed by atoms with E-state index in [9.17, 15) is 0 Å². The van der Waals surface area contributed by atoms with E-state index in [4.69, 9.17) is 16.6 Å². The van der Waals surface area contributed by atoms with E-state index in [2.05, 4.69) is 43.1 Å². The van der Waals surface area contributed by atoms with Crippen LogP contribution in [0.15, 0.2) is 24.3 Å². The summed E-state index contributed by atoms with van der Waals surface area (Å²) < 4.78 is 0. The molecule has 1 aliphatic rings. The van der Waals surface area contributed by atoms with Crippen LogP contribution in [-0.4, -0.2) is 9.97 Å². The van der Waals surface area contributed by atoms with Gasteiger partial charge in [-0.05, 0) is 43.2 Å². The van der Waals surface area contributed by atoms with Gasteiger partial charge in [0.15, 0.2) is 0 Å². The second-order valence-electron chi connectivity index (χ2n) is 6.17. The molecule has 0 fully saturated rings. The van der Waals surface area contributed by atoms with E-state index in [-0.39, 0.29) is 5.92 Å². The van der Waals surface area contributed by atoms with Gasteiger partial charge in [0.1, 0.15) is 11.0 Å². The van der Waals surface area contributed by atoms with Crippen LogP contribution in [-0.2, 0) is 6.42 Å². The average molecular weight is 301 g/mol. The molecule has 1 heterocycles. The van der Waals surface area contributed by atoms with Crippen molar-refractivity contribution in [1.29, 1.82) is 0 Å². The maximum Gasteiger partial charge on any atom is 0.137 e. The zero-order valence-corrected chi connectivity index (χ0v) is 13.6. The van der Waals surface area contributed by atoms with Crippen molar-refractivity contribution in [1.82, 2.24) is 9.97 Å². The maximum absolute atomic E-state index is 6.42. The second-order valence-corrected chi connectivity index (χ2v) is 6.53. The Morgan fingerprint density at radius 2 is 1.95 bits per heavy atom. The Balaban J connectivity index is 2.07. The van der Waals surface area contributed by atoms with Crippen LogP contribution >= 0.6 is 11.6 Å². The summed E-state index contributed by atoms with van der Waals surface area (Å²) in [6, 6.07) is 8.65. The molecular weight excluding hydrogens is 280 g/mol. The zero-order valence-electron chi connectivity index (χ0n) is 12.9. The van der Waals surface area contributed by atoms with Gasteiger partial charge >= 0.3 is 0 Å². The summed E-state index contributed by atoms with van der Waals surface area (Å²) in [5.41, 5.74) is 4.89. The van der Waals surface area contributed by atoms with Crippen LogP contribution in [0, 0.1) is 6.92 Å². The van der Waals surface area contributed by atoms with Gasteiger partial charge in [-0.1, -0.05) is 49.7 Å². The van der Waals surface area contributed by atoms with Gasteiger partial charge in [0, 0.05) is 17.2 Å². The van der Waals surface area contributed by atoms with E-state index in [0.29, 0.717) is 11.1 Å². The topological polar surface area (TPSA) is 25.8 Å². The molecule has 1 atom stereocenters. The van der Waals surface area contributed by atoms with E-state index in [1.165, 1.54) is 17.5 Å². The minimum Gasteiger partial charge on any atom is -0.237 e. The van der Waals surface area contributed by atoms with E-state index in [1.807, 2.05) is 6.92 Å². The fourth-order valence-corrected chi connectivity index (χ4v) is 3.84. The standard InChI is InChI=1S/C18H21ClN2/c1-11(2)16-12(3)20-18(21-17(16)19)15-10-6-8-13-7-4-5-9-14(13)15/h4-5,7,9,11,15H,6,8,10H2,1-3H3. The monoisotopic (exact) mass is 300 g/mol. The Morgan fingerprint density at radius 3 is 2.67 bits per heavy atom. The summed E-state index contributed by atoms with van der Waals surface area (Å²) >= 11 is 6.42. The number of hydrogen-bond donors (Lipinski definition) is 0. The van der Waals surface area contributed by atoms with Crippen LogP contribution in [0.5, 0.6) is 0 Å². The lowest BCUT2D eigenvalue weighted by Crippen LogP contribution is -2.15. The van der Waals surface area contributed by atoms with E-state index < -0.39 is 0 Å². The number of hydrogen-bond acceptors (Lipinski definition) is 2. The first-order chi connectivity index (χ1) is 10.1. The molecule has 1 aliphatic carbocycles. The van der Waals surface area contributed by atoms with E-state index in [1.54, 1.807) is 0 Å². The lowest BCUT2D eigenvalue weighted by molar-refractivity contribution is 0.586. The van der Waals surface area contributed by atoms with Crippen LogP contribution in [0.2, 0.25) is 5.15 Å². The van der Waals surface area contributed by atoms with Crippen molar-refractivity contribution in [3.05, 3.63) is 57.6 Å². The van der Waals surface area contributed by atoms with Gasteiger partial charge in [0.2, 0.25) is 0 Å². The SMILES string of the molecule is Cc1nc(C2CCCc3ccccc32)nc(Cl)c1C(C)C. The zero-order chi connectivity index (χ0) is 15.0. The molecule has 2 nitrogen and oxygen atoms in total. The summed E-state index contributed by atoms with van der Waals surface area (Å²) in [6.07, 6.45) is 3.45. The molecular formula is C18H21ClN2. The van der Waals surface area contributed by atoms with E-state index >= 15 is 0 Å². The van der Waals surface area contributed by atoms with Crippen molar-refractivity contribution in [3.63, 3.8) is 0 Å². The number of halogens is 1. The van der Waals surface area contributed by atoms with Crippen LogP contribution in [0.25, 0.3) is 0 Å². The average Bonchev–Trinajstić information content (AvgIpc) is 2.45. The molecule has 0 radical (unpaired) electrons. The predicted octanol–water partition coefficient (Wildman–Crippen LogP) is 5.03. The molecule has 0 aliphatic heterocycles. The fourth-order valence-electron chi connectivity index (χ4n) is 3.40. The molecule has 1 aromatic carbocycles. The molecule has 0 spiro atoms. The van der Waals surface area contributed by atoms with Crippen molar-refractivity contribution in [2.75, 3.05) is 0 Å². The largest absolute Gasteiger partial charge is 0.237 e. The van der Waals surface area contributed by atoms with E-state index in [0.717, 1.165) is 29.9 Å². The highest BCUT2D eigenvalue weighted by atomic mass is 35.5. The second kappa shape index (κ2) is 5.76. The molecule has 110 valence electrons. The van der Waals surface area contributed by atoms with Crippen LogP contribution in [0.4, 0.5) is 0 Å². The van der Waals surface area contributed by atoms with Gasteiger partial charge in [-0.15, -0.1) is 0 Å². The fraction of sp³-hybridized carbons (Fsp3) is 0.444. The summed E-state index contributed by atoms with van der Waals surface area (Å²) in [5, 5.41) is 0.621. The Kier molecular flexibility index (Phi) is 3.99. The molecule has 0 saturated carbocycles. The third-order valence-electron chi connectivity index (χ3n) is 4.37. The number of aryl methyl sites for hydroxylation is 2. The van der Waals surface area contributed by atoms with Crippen molar-refractivity contribution in [2.45, 2.75) is 51.9 Å². The number of nitrogens with zero attached hydrogens (tertiary/aromatic N) is 2. The van der Waals surface area contributed by atoms with Gasteiger partial charge in [0.05, 0.1) is 0 Å². The molecule has 0 saturated heterocycles. The number of benzene rings is 1. The molecule has 3 rings (SSSR count). The Morgan fingerprint density at radius 1 is 1.19 bits per heavy atom. The molecule has 0 N–H and O–H groups in total. The maximum atomic E-state index is 6.42. The summed E-state index contributed by atoms with van der Waals surface area (Å²) in [7, 11) is 0. The summed E-state index contributed by atoms with van der Waals surface area (Å²) in [6.45, 7) is 6.31. The smallest absolute Gasteiger partial charge is 0.137 e. The molecule has 21 heavy (non-hydrogen) atoms. The van der Waals surface area contributed by atoms with Crippen molar-refractivity contribution in [2.24, 2.45) is 0 Å². The van der Waals surface area contributed by atoms with Crippen LogP contribution in [0.1, 0.15) is 66.7 Å². The van der Waals surface area contributed by atoms with Gasteiger partial charge in [-0.25, -0.2) is 9.97 Å². The molecule has 1 aromatic heterocycles. The number of aromatic nitrogens is 2. The van der Waals surface area contributed by atoms with Crippen molar-refractivity contribution in [3.8, 4) is 0 Å². The van der Waals surface area contributed by atoms with Crippen molar-refractivity contribution < 1.29 is 0 Å². The molecule has 0 bridgehead atoms. The minimum absolute atomic E-state index is 0.285. The van der Waals surface area contributed by atoms with Crippen molar-refractivity contribution >= 4 is 11.6 Å². The first kappa shape index (κ1) is 14.5. The third-order valence-corrected chi connectivity index (χ3v) is 4.65. The Hall–Kier alpha value is -1.41. The molecule has 3 heteroatoms. The quantitative estimate of drug-likeness (QED) is 0.727. The third kappa shape index (κ3) is 2.69. The number of fused-ring (bicyclic) bond motifs is 1. The summed E-state index contributed by atoms with van der Waals surface area (Å²) in [4.78, 5) is 9.41. The highest BCUT2D eigenvalue weighted by molar-refractivity contribution is 6.30. The minimum atomic E-state index is 0.285. The highest BCUT2D eigenvalue weighted by Crippen LogP contribution is 2.36. The van der Waals surface area contributed by atoms with Crippen LogP contribution < -0.4 is 0 Å². The lowest BCUT2D eigenvalue weighted by atomic mass is 9.82. The molecule has 0 amide bonds. The normalized spacial score (nSPS) is 17.9. The predicted molar refractivity (Wildman–Crippen MR) is 87.1 cm³/mol. The van der Waals surface area contributed by atoms with Gasteiger partial charge in [-0.2, -0.15) is 0 Å². The molecule has 1 unspecified atom stereocenters. The lowest BCUT2D eigenvalue weighted by Gasteiger charge is -2.25. The Bertz CT molecular complexity index is 641. The Labute approximate surface area is 131 Å². The van der Waals surface area contributed by atoms with Gasteiger partial charge < -0.3 is 0 Å².